The zero-order chi connectivity index (χ0) is 80.7. The van der Waals surface area contributed by atoms with Gasteiger partial charge in [0, 0.05) is 99.6 Å². The molecule has 0 aromatic heterocycles. The first kappa shape index (κ1) is 94.6. The molecule has 0 bridgehead atoms. The van der Waals surface area contributed by atoms with E-state index in [9.17, 15) is 57.8 Å². The van der Waals surface area contributed by atoms with Crippen LogP contribution in [0.25, 0.3) is 6.08 Å². The van der Waals surface area contributed by atoms with E-state index in [4.69, 9.17) is 42.9 Å². The Kier molecular flexibility index (Phi) is 43.1. The van der Waals surface area contributed by atoms with Gasteiger partial charge in [-0.25, -0.2) is 0 Å². The highest BCUT2D eigenvalue weighted by Crippen LogP contribution is 2.37. The van der Waals surface area contributed by atoms with Gasteiger partial charge < -0.3 is 57.1 Å². The number of carbonyl (C=O) groups excluding carboxylic acids is 11. The third kappa shape index (κ3) is 35.4. The molecule has 6 aromatic rings. The van der Waals surface area contributed by atoms with E-state index in [1.54, 1.807) is 63.2 Å². The Balaban J connectivity index is 0.000000435. The summed E-state index contributed by atoms with van der Waals surface area (Å²) in [6, 6.07) is 35.5. The summed E-state index contributed by atoms with van der Waals surface area (Å²) in [6.07, 6.45) is 8.72. The quantitative estimate of drug-likeness (QED) is 0.0193. The van der Waals surface area contributed by atoms with E-state index >= 15 is 0 Å². The second kappa shape index (κ2) is 48.8. The van der Waals surface area contributed by atoms with Crippen LogP contribution in [-0.2, 0) is 144 Å². The fraction of sp³-hybridized carbons (Fsp3) is 0.350. The molecule has 570 valence electrons. The number of ether oxygens (including phenoxy) is 5. The molecule has 107 heavy (non-hydrogen) atoms. The fourth-order valence-electron chi connectivity index (χ4n) is 9.25. The molecule has 0 radical (unpaired) electrons. The highest BCUT2D eigenvalue weighted by atomic mass is 79.9. The molecule has 2 aliphatic heterocycles. The van der Waals surface area contributed by atoms with Crippen LogP contribution in [0.15, 0.2) is 146 Å². The monoisotopic (exact) mass is 1720 g/mol. The van der Waals surface area contributed by atoms with Crippen LogP contribution in [0.2, 0.25) is 0 Å². The van der Waals surface area contributed by atoms with Gasteiger partial charge in [0.15, 0.2) is 17.9 Å². The van der Waals surface area contributed by atoms with Gasteiger partial charge in [-0.1, -0.05) is 132 Å². The molecular formula is C80H91B2Br4NO20. The summed E-state index contributed by atoms with van der Waals surface area (Å²) in [6.45, 7) is 27.2. The molecule has 27 heteroatoms. The van der Waals surface area contributed by atoms with Crippen molar-refractivity contribution in [1.82, 2.24) is 0 Å². The summed E-state index contributed by atoms with van der Waals surface area (Å²) in [7, 11) is -1.37. The molecular weight excluding hydrogens is 1640 g/mol. The lowest BCUT2D eigenvalue weighted by Crippen LogP contribution is -2.41. The minimum Gasteiger partial charge on any atom is -0.461 e. The minimum atomic E-state index is -0.817. The number of halogens is 4. The van der Waals surface area contributed by atoms with Crippen molar-refractivity contribution in [2.75, 3.05) is 0 Å². The molecule has 2 aliphatic rings. The number of aldehydes is 1. The molecule has 6 aromatic carbocycles. The van der Waals surface area contributed by atoms with E-state index in [-0.39, 0.29) is 91.8 Å². The normalized spacial score (nSPS) is 12.3. The molecule has 0 saturated carbocycles. The van der Waals surface area contributed by atoms with E-state index in [0.717, 1.165) is 81.8 Å². The Morgan fingerprint density at radius 3 is 1.21 bits per heavy atom. The minimum absolute atomic E-state index is 0.0118. The number of allylic oxidation sites excluding steroid dienone is 2. The summed E-state index contributed by atoms with van der Waals surface area (Å²) in [4.78, 5) is 118. The molecule has 0 spiro atoms. The van der Waals surface area contributed by atoms with Crippen LogP contribution in [0.4, 0.5) is 0 Å². The first-order valence-corrected chi connectivity index (χ1v) is 36.7. The lowest BCUT2D eigenvalue weighted by atomic mass is 9.72. The van der Waals surface area contributed by atoms with Crippen LogP contribution in [-0.4, -0.2) is 95.5 Å². The highest BCUT2D eigenvalue weighted by molar-refractivity contribution is 9.11. The van der Waals surface area contributed by atoms with Gasteiger partial charge in [0.2, 0.25) is 0 Å². The van der Waals surface area contributed by atoms with Gasteiger partial charge in [0.25, 0.3) is 0 Å². The van der Waals surface area contributed by atoms with Crippen LogP contribution in [0, 0.1) is 11.3 Å². The maximum Gasteiger partial charge on any atom is 0.495 e. The van der Waals surface area contributed by atoms with Gasteiger partial charge in [-0.2, -0.15) is 5.26 Å². The predicted octanol–water partition coefficient (Wildman–Crippen LogP) is 14.6. The van der Waals surface area contributed by atoms with Gasteiger partial charge in [0.1, 0.15) is 56.5 Å². The molecule has 8 rings (SSSR count). The largest absolute Gasteiger partial charge is 0.495 e. The van der Waals surface area contributed by atoms with E-state index in [1.165, 1.54) is 60.6 Å². The second-order valence-corrected chi connectivity index (χ2v) is 28.2. The number of esters is 5. The Labute approximate surface area is 661 Å². The van der Waals surface area contributed by atoms with Crippen molar-refractivity contribution in [1.29, 1.82) is 5.26 Å². The SMILES string of the molecule is C=CC(C)=O.CC(=O)/C=C/c1cccc(COC(C)=O)c1Br.CC(=O)CCc1cccc(COC(C)=O)c1B1OC(C)(C)C(C)(C)O1.CC(=O)CCc1cccc(COC(C)=O)c1Br.CC(=O)CCc1cccc2c1B(O)OC2.CC(=O)OCc1cccc(C#N)c1Br.CC(=O)OCc1cccc(C=O)c1Br. The van der Waals surface area contributed by atoms with Crippen LogP contribution < -0.4 is 10.9 Å². The molecule has 1 fully saturated rings. The molecule has 0 amide bonds. The van der Waals surface area contributed by atoms with Crippen molar-refractivity contribution in [2.45, 2.75) is 186 Å². The molecule has 1 saturated heterocycles. The average molecular weight is 1730 g/mol. The van der Waals surface area contributed by atoms with Crippen molar-refractivity contribution in [3.8, 4) is 6.07 Å². The molecule has 0 aliphatic carbocycles. The Hall–Kier alpha value is -8.45. The standard InChI is InChI=1S/C19H27BO5.C13H15BrO3.C13H13BrO3.C11H13BO3.C10H8BrNO2.C10H9BrO3.C4H6O/c1-13(21)10-11-15-8-7-9-16(12-23-14(2)22)17(15)20-24-18(3,4)19(5,6)25-20;2*1-9(15)6-7-11-4-3-5-12(13(11)14)8-17-10(2)16;1-8(13)5-6-9-3-2-4-10-7-15-12(14)11(9)10;2*1-7(13)14-6-9-4-2-3-8(5-12)10(9)11;1-3-4(2)5/h7-9H,10-12H2,1-6H3;3-5H,6-8H2,1-2H3;3-7H,8H2,1-2H3;2-4,14H,5-7H2,1H3;2-4H,6H2,1H3;2-5H,6H2,1H3;3H,1H2,2H3/b;;7-6+;;;;. The zero-order valence-electron chi connectivity index (χ0n) is 62.7. The molecule has 2 heterocycles. The van der Waals surface area contributed by atoms with Crippen molar-refractivity contribution < 1.29 is 95.4 Å². The topological polar surface area (TPSA) is 306 Å². The van der Waals surface area contributed by atoms with Gasteiger partial charge >= 0.3 is 44.1 Å². The predicted molar refractivity (Wildman–Crippen MR) is 423 cm³/mol. The molecule has 0 unspecified atom stereocenters. The number of rotatable bonds is 24. The van der Waals surface area contributed by atoms with Crippen molar-refractivity contribution in [3.63, 3.8) is 0 Å². The number of ketones is 5. The average Bonchev–Trinajstić information content (AvgIpc) is 1.62. The Bertz CT molecular complexity index is 4100. The van der Waals surface area contributed by atoms with Crippen LogP contribution in [0.1, 0.15) is 188 Å². The Morgan fingerprint density at radius 2 is 0.813 bits per heavy atom. The number of nitriles is 1. The van der Waals surface area contributed by atoms with Gasteiger partial charge in [-0.05, 0) is 192 Å². The zero-order valence-corrected chi connectivity index (χ0v) is 69.1. The summed E-state index contributed by atoms with van der Waals surface area (Å²) in [5, 5.41) is 18.4. The summed E-state index contributed by atoms with van der Waals surface area (Å²) >= 11 is 13.5. The van der Waals surface area contributed by atoms with E-state index in [2.05, 4.69) is 70.3 Å². The lowest BCUT2D eigenvalue weighted by molar-refractivity contribution is -0.143. The van der Waals surface area contributed by atoms with E-state index in [0.29, 0.717) is 65.2 Å². The summed E-state index contributed by atoms with van der Waals surface area (Å²) in [5.74, 6) is -1.16. The number of nitrogens with zero attached hydrogens (tertiary/aromatic N) is 1. The number of hydrogen-bond acceptors (Lipinski definition) is 21. The van der Waals surface area contributed by atoms with Crippen LogP contribution >= 0.6 is 63.7 Å². The third-order valence-corrected chi connectivity index (χ3v) is 19.5. The molecule has 1 N–H and O–H groups in total. The number of hydrogen-bond donors (Lipinski definition) is 1. The first-order valence-electron chi connectivity index (χ1n) is 33.6. The van der Waals surface area contributed by atoms with Crippen LogP contribution in [0.3, 0.4) is 0 Å². The van der Waals surface area contributed by atoms with E-state index < -0.39 is 25.4 Å². The summed E-state index contributed by atoms with van der Waals surface area (Å²) in [5.41, 5.74) is 11.1. The number of carbonyl (C=O) groups is 11. The summed E-state index contributed by atoms with van der Waals surface area (Å²) < 4.78 is 45.4. The van der Waals surface area contributed by atoms with Crippen molar-refractivity contribution >= 4 is 160 Å². The van der Waals surface area contributed by atoms with Crippen molar-refractivity contribution in [2.24, 2.45) is 0 Å². The van der Waals surface area contributed by atoms with Gasteiger partial charge in [-0.15, -0.1) is 0 Å². The Morgan fingerprint density at radius 1 is 0.477 bits per heavy atom. The number of fused-ring (bicyclic) bond motifs is 1. The highest BCUT2D eigenvalue weighted by Gasteiger charge is 2.52. The maximum absolute atomic E-state index is 11.4. The van der Waals surface area contributed by atoms with Crippen molar-refractivity contribution in [3.05, 3.63) is 213 Å². The van der Waals surface area contributed by atoms with Gasteiger partial charge in [0.05, 0.1) is 23.4 Å². The fourth-order valence-corrected chi connectivity index (χ4v) is 11.3. The van der Waals surface area contributed by atoms with Gasteiger partial charge in [-0.3, -0.25) is 38.4 Å². The smallest absolute Gasteiger partial charge is 0.461 e. The maximum atomic E-state index is 11.4. The molecule has 21 nitrogen and oxygen atoms in total. The van der Waals surface area contributed by atoms with E-state index in [1.807, 2.05) is 107 Å². The number of Topliss-reactive ketones (excluding diaryl/α,β-unsaturated/α-hetero) is 3. The van der Waals surface area contributed by atoms with Crippen LogP contribution in [0.5, 0.6) is 0 Å². The molecule has 0 atom stereocenters. The second-order valence-electron chi connectivity index (χ2n) is 25.0. The number of aryl methyl sites for hydroxylation is 3. The number of benzene rings is 6. The first-order chi connectivity index (χ1) is 50.3. The lowest BCUT2D eigenvalue weighted by Gasteiger charge is -2.32. The third-order valence-electron chi connectivity index (χ3n) is 15.6.